The molecule has 0 saturated heterocycles. The summed E-state index contributed by atoms with van der Waals surface area (Å²) in [4.78, 5) is 16.3. The molecule has 0 aliphatic rings. The van der Waals surface area contributed by atoms with Crippen LogP contribution in [0.5, 0.6) is 5.75 Å². The molecule has 0 radical (unpaired) electrons. The molecule has 1 aromatic heterocycles. The lowest BCUT2D eigenvalue weighted by Gasteiger charge is -2.11. The van der Waals surface area contributed by atoms with E-state index >= 15 is 0 Å². The Balaban J connectivity index is 2.08. The van der Waals surface area contributed by atoms with Crippen LogP contribution in [0.15, 0.2) is 69.4 Å². The van der Waals surface area contributed by atoms with Gasteiger partial charge in [0, 0.05) is 12.6 Å². The van der Waals surface area contributed by atoms with E-state index in [1.165, 1.54) is 56.6 Å². The summed E-state index contributed by atoms with van der Waals surface area (Å²) in [6.07, 6.45) is 0.558. The van der Waals surface area contributed by atoms with E-state index < -0.39 is 27.3 Å². The van der Waals surface area contributed by atoms with Crippen LogP contribution < -0.4 is 15.9 Å². The number of rotatable bonds is 5. The van der Waals surface area contributed by atoms with Gasteiger partial charge in [0.05, 0.1) is 24.7 Å². The molecule has 0 fully saturated rings. The highest BCUT2D eigenvalue weighted by Gasteiger charge is 2.21. The summed E-state index contributed by atoms with van der Waals surface area (Å²) in [6, 6.07) is 11.1. The van der Waals surface area contributed by atoms with Crippen molar-refractivity contribution >= 4 is 10.0 Å². The maximum Gasteiger partial charge on any atom is 0.343 e. The molecule has 152 valence electrons. The molecule has 0 aliphatic heterocycles. The third-order valence-electron chi connectivity index (χ3n) is 4.21. The number of halogens is 2. The second-order valence-corrected chi connectivity index (χ2v) is 7.84. The van der Waals surface area contributed by atoms with Gasteiger partial charge < -0.3 is 4.74 Å². The van der Waals surface area contributed by atoms with Gasteiger partial charge in [-0.1, -0.05) is 18.2 Å². The molecule has 0 saturated carbocycles. The van der Waals surface area contributed by atoms with Gasteiger partial charge in [-0.2, -0.15) is 3.97 Å². The van der Waals surface area contributed by atoms with Gasteiger partial charge in [0.1, 0.15) is 11.6 Å². The third-order valence-corrected chi connectivity index (χ3v) is 5.86. The predicted molar refractivity (Wildman–Crippen MR) is 101 cm³/mol. The monoisotopic (exact) mass is 421 g/mol. The van der Waals surface area contributed by atoms with E-state index in [0.29, 0.717) is 15.9 Å². The fourth-order valence-corrected chi connectivity index (χ4v) is 3.88. The highest BCUT2D eigenvalue weighted by Crippen LogP contribution is 2.17. The normalized spacial score (nSPS) is 12.2. The maximum atomic E-state index is 14.6. The Hall–Kier alpha value is -3.27. The molecule has 0 N–H and O–H groups in total. The van der Waals surface area contributed by atoms with E-state index in [2.05, 4.69) is 4.99 Å². The average Bonchev–Trinajstić information content (AvgIpc) is 2.71. The predicted octanol–water partition coefficient (Wildman–Crippen LogP) is 1.81. The summed E-state index contributed by atoms with van der Waals surface area (Å²) in [5.74, 6) is -1.13. The Bertz CT molecular complexity index is 1280. The van der Waals surface area contributed by atoms with E-state index in [-0.39, 0.29) is 22.5 Å². The molecule has 10 heteroatoms. The number of aromatic nitrogens is 2. The molecule has 3 rings (SSSR count). The van der Waals surface area contributed by atoms with Crippen molar-refractivity contribution in [2.75, 3.05) is 7.11 Å². The van der Waals surface area contributed by atoms with Gasteiger partial charge in [-0.05, 0) is 30.3 Å². The first-order valence-electron chi connectivity index (χ1n) is 8.37. The summed E-state index contributed by atoms with van der Waals surface area (Å²) < 4.78 is 59.9. The SMILES string of the molecule is COc1ccc(S(=O)(=O)n2cc(F)c(=NCc3ccccc3F)n(C)c2=O)cc1. The number of benzene rings is 2. The molecule has 0 aliphatic carbocycles. The van der Waals surface area contributed by atoms with Crippen molar-refractivity contribution < 1.29 is 21.9 Å². The van der Waals surface area contributed by atoms with Crippen LogP contribution in [0.4, 0.5) is 8.78 Å². The first-order valence-corrected chi connectivity index (χ1v) is 9.81. The number of hydrogen-bond donors (Lipinski definition) is 0. The van der Waals surface area contributed by atoms with Crippen molar-refractivity contribution in [2.24, 2.45) is 12.0 Å². The molecule has 3 aromatic rings. The summed E-state index contributed by atoms with van der Waals surface area (Å²) >= 11 is 0. The number of ether oxygens (including phenoxy) is 1. The van der Waals surface area contributed by atoms with Gasteiger partial charge >= 0.3 is 5.69 Å². The molecule has 0 unspecified atom stereocenters. The lowest BCUT2D eigenvalue weighted by atomic mass is 10.2. The van der Waals surface area contributed by atoms with Crippen LogP contribution in [0, 0.1) is 11.6 Å². The van der Waals surface area contributed by atoms with Crippen molar-refractivity contribution in [3.8, 4) is 5.75 Å². The fourth-order valence-electron chi connectivity index (χ4n) is 2.62. The Morgan fingerprint density at radius 3 is 2.31 bits per heavy atom. The van der Waals surface area contributed by atoms with Crippen molar-refractivity contribution in [1.82, 2.24) is 8.54 Å². The highest BCUT2D eigenvalue weighted by atomic mass is 32.2. The highest BCUT2D eigenvalue weighted by molar-refractivity contribution is 7.90. The minimum atomic E-state index is -4.34. The Labute approximate surface area is 165 Å². The standard InChI is InChI=1S/C19H17F2N3O4S/c1-23-18(22-11-13-5-3-4-6-16(13)20)17(21)12-24(19(23)25)29(26,27)15-9-7-14(28-2)8-10-15/h3-10,12H,11H2,1-2H3. The van der Waals surface area contributed by atoms with Gasteiger partial charge in [-0.15, -0.1) is 0 Å². The minimum Gasteiger partial charge on any atom is -0.497 e. The molecule has 29 heavy (non-hydrogen) atoms. The van der Waals surface area contributed by atoms with Crippen molar-refractivity contribution in [1.29, 1.82) is 0 Å². The number of nitrogens with zero attached hydrogens (tertiary/aromatic N) is 3. The Morgan fingerprint density at radius 1 is 1.03 bits per heavy atom. The largest absolute Gasteiger partial charge is 0.497 e. The molecular formula is C19H17F2N3O4S. The molecular weight excluding hydrogens is 404 g/mol. The van der Waals surface area contributed by atoms with Crippen LogP contribution in [0.2, 0.25) is 0 Å². The van der Waals surface area contributed by atoms with Crippen LogP contribution in [-0.4, -0.2) is 24.1 Å². The van der Waals surface area contributed by atoms with E-state index in [9.17, 15) is 22.0 Å². The van der Waals surface area contributed by atoms with Crippen LogP contribution in [0.1, 0.15) is 5.56 Å². The first kappa shape index (κ1) is 20.5. The maximum absolute atomic E-state index is 14.6. The second-order valence-electron chi connectivity index (χ2n) is 6.03. The zero-order valence-corrected chi connectivity index (χ0v) is 16.4. The second kappa shape index (κ2) is 8.00. The summed E-state index contributed by atoms with van der Waals surface area (Å²) in [7, 11) is -1.73. The molecule has 0 atom stereocenters. The van der Waals surface area contributed by atoms with Gasteiger partial charge in [-0.25, -0.2) is 22.0 Å². The minimum absolute atomic E-state index is 0.210. The topological polar surface area (TPSA) is 82.7 Å². The van der Waals surface area contributed by atoms with Crippen LogP contribution in [-0.2, 0) is 23.6 Å². The van der Waals surface area contributed by atoms with Gasteiger partial charge in [0.2, 0.25) is 0 Å². The van der Waals surface area contributed by atoms with E-state index in [1.54, 1.807) is 6.07 Å². The molecule has 7 nitrogen and oxygen atoms in total. The molecule has 0 spiro atoms. The Kier molecular flexibility index (Phi) is 5.64. The summed E-state index contributed by atoms with van der Waals surface area (Å²) in [6.45, 7) is -0.216. The van der Waals surface area contributed by atoms with Crippen LogP contribution in [0.3, 0.4) is 0 Å². The van der Waals surface area contributed by atoms with Crippen molar-refractivity contribution in [3.63, 3.8) is 0 Å². The first-order chi connectivity index (χ1) is 13.8. The Morgan fingerprint density at radius 2 is 1.69 bits per heavy atom. The van der Waals surface area contributed by atoms with Gasteiger partial charge in [0.25, 0.3) is 10.0 Å². The van der Waals surface area contributed by atoms with E-state index in [1.807, 2.05) is 0 Å². The fraction of sp³-hybridized carbons (Fsp3) is 0.158. The zero-order valence-electron chi connectivity index (χ0n) is 15.5. The smallest absolute Gasteiger partial charge is 0.343 e. The average molecular weight is 421 g/mol. The van der Waals surface area contributed by atoms with Crippen molar-refractivity contribution in [3.05, 3.63) is 87.9 Å². The number of hydrogen-bond acceptors (Lipinski definition) is 5. The lowest BCUT2D eigenvalue weighted by Crippen LogP contribution is -2.42. The number of methoxy groups -OCH3 is 1. The van der Waals surface area contributed by atoms with Crippen LogP contribution >= 0.6 is 0 Å². The van der Waals surface area contributed by atoms with E-state index in [0.717, 1.165) is 4.57 Å². The third kappa shape index (κ3) is 3.97. The molecule has 1 heterocycles. The molecule has 0 bridgehead atoms. The summed E-state index contributed by atoms with van der Waals surface area (Å²) in [5, 5.41) is 0. The molecule has 2 aromatic carbocycles. The van der Waals surface area contributed by atoms with Gasteiger partial charge in [-0.3, -0.25) is 9.56 Å². The van der Waals surface area contributed by atoms with E-state index in [4.69, 9.17) is 4.74 Å². The molecule has 0 amide bonds. The quantitative estimate of drug-likeness (QED) is 0.629. The van der Waals surface area contributed by atoms with Crippen molar-refractivity contribution in [2.45, 2.75) is 11.4 Å². The lowest BCUT2D eigenvalue weighted by molar-refractivity contribution is 0.414. The van der Waals surface area contributed by atoms with Crippen LogP contribution in [0.25, 0.3) is 0 Å². The van der Waals surface area contributed by atoms with Gasteiger partial charge in [0.15, 0.2) is 11.3 Å². The zero-order chi connectivity index (χ0) is 21.2. The summed E-state index contributed by atoms with van der Waals surface area (Å²) in [5.41, 5.74) is -1.20.